The number of hydrogen-bond donors (Lipinski definition) is 1. The summed E-state index contributed by atoms with van der Waals surface area (Å²) in [6.07, 6.45) is 9.38. The van der Waals surface area contributed by atoms with Crippen LogP contribution in [-0.4, -0.2) is 16.9 Å². The molecule has 0 bridgehead atoms. The van der Waals surface area contributed by atoms with Gasteiger partial charge in [-0.25, -0.2) is 4.98 Å². The van der Waals surface area contributed by atoms with Crippen LogP contribution >= 0.6 is 11.3 Å². The lowest BCUT2D eigenvalue weighted by molar-refractivity contribution is -0.117. The Bertz CT molecular complexity index is 405. The molecular weight excluding hydrogens is 232 g/mol. The fourth-order valence-corrected chi connectivity index (χ4v) is 2.69. The topological polar surface area (TPSA) is 42.0 Å². The van der Waals surface area contributed by atoms with Gasteiger partial charge in [0.25, 0.3) is 0 Å². The molecule has 0 aromatic carbocycles. The molecule has 1 aliphatic rings. The van der Waals surface area contributed by atoms with Gasteiger partial charge in [-0.3, -0.25) is 4.79 Å². The fraction of sp³-hybridized carbons (Fsp3) is 0.538. The van der Waals surface area contributed by atoms with Gasteiger partial charge >= 0.3 is 0 Å². The number of aromatic nitrogens is 1. The Kier molecular flexibility index (Phi) is 4.31. The molecule has 1 heterocycles. The van der Waals surface area contributed by atoms with Crippen molar-refractivity contribution in [3.05, 3.63) is 22.2 Å². The Balaban J connectivity index is 1.82. The zero-order valence-electron chi connectivity index (χ0n) is 10.1. The largest absolute Gasteiger partial charge is 0.350 e. The van der Waals surface area contributed by atoms with Crippen LogP contribution in [0.5, 0.6) is 0 Å². The van der Waals surface area contributed by atoms with E-state index in [1.165, 1.54) is 19.3 Å². The SMILES string of the molecule is Cc1nc(/C=C/C(=O)NC2CCCCC2)cs1. The first-order valence-electron chi connectivity index (χ1n) is 6.15. The standard InChI is InChI=1S/C13H18N2OS/c1-10-14-12(9-17-10)7-8-13(16)15-11-5-3-2-4-6-11/h7-9,11H,2-6H2,1H3,(H,15,16)/b8-7+. The van der Waals surface area contributed by atoms with Gasteiger partial charge in [-0.15, -0.1) is 11.3 Å². The van der Waals surface area contributed by atoms with E-state index in [2.05, 4.69) is 10.3 Å². The van der Waals surface area contributed by atoms with Gasteiger partial charge in [0.1, 0.15) is 0 Å². The molecule has 0 aliphatic heterocycles. The van der Waals surface area contributed by atoms with Crippen molar-refractivity contribution in [2.45, 2.75) is 45.1 Å². The monoisotopic (exact) mass is 250 g/mol. The zero-order chi connectivity index (χ0) is 12.1. The van der Waals surface area contributed by atoms with Crippen molar-refractivity contribution < 1.29 is 4.79 Å². The molecular formula is C13H18N2OS. The number of thiazole rings is 1. The summed E-state index contributed by atoms with van der Waals surface area (Å²) in [6.45, 7) is 1.96. The van der Waals surface area contributed by atoms with Crippen molar-refractivity contribution in [2.75, 3.05) is 0 Å². The highest BCUT2D eigenvalue weighted by Gasteiger charge is 2.14. The van der Waals surface area contributed by atoms with Crippen molar-refractivity contribution in [1.29, 1.82) is 0 Å². The number of nitrogens with one attached hydrogen (secondary N) is 1. The minimum absolute atomic E-state index is 0.00236. The van der Waals surface area contributed by atoms with Crippen molar-refractivity contribution in [1.82, 2.24) is 10.3 Å². The Labute approximate surface area is 106 Å². The summed E-state index contributed by atoms with van der Waals surface area (Å²) < 4.78 is 0. The molecule has 1 aromatic rings. The second kappa shape index (κ2) is 5.96. The smallest absolute Gasteiger partial charge is 0.244 e. The first kappa shape index (κ1) is 12.3. The van der Waals surface area contributed by atoms with Crippen molar-refractivity contribution in [3.8, 4) is 0 Å². The summed E-state index contributed by atoms with van der Waals surface area (Å²) in [4.78, 5) is 16.0. The van der Waals surface area contributed by atoms with Crippen LogP contribution in [0.25, 0.3) is 6.08 Å². The Hall–Kier alpha value is -1.16. The quantitative estimate of drug-likeness (QED) is 0.838. The highest BCUT2D eigenvalue weighted by molar-refractivity contribution is 7.09. The molecule has 1 aliphatic carbocycles. The molecule has 1 saturated carbocycles. The second-order valence-electron chi connectivity index (χ2n) is 4.47. The number of amides is 1. The summed E-state index contributed by atoms with van der Waals surface area (Å²) >= 11 is 1.60. The van der Waals surface area contributed by atoms with Gasteiger partial charge in [0, 0.05) is 17.5 Å². The van der Waals surface area contributed by atoms with Crippen LogP contribution in [0.4, 0.5) is 0 Å². The maximum absolute atomic E-state index is 11.7. The van der Waals surface area contributed by atoms with Crippen LogP contribution in [0.3, 0.4) is 0 Å². The Morgan fingerprint density at radius 3 is 2.88 bits per heavy atom. The highest BCUT2D eigenvalue weighted by atomic mass is 32.1. The van der Waals surface area contributed by atoms with Crippen LogP contribution in [0.2, 0.25) is 0 Å². The summed E-state index contributed by atoms with van der Waals surface area (Å²) in [6, 6.07) is 0.373. The lowest BCUT2D eigenvalue weighted by Gasteiger charge is -2.21. The summed E-state index contributed by atoms with van der Waals surface area (Å²) in [7, 11) is 0. The molecule has 0 saturated heterocycles. The van der Waals surface area contributed by atoms with E-state index < -0.39 is 0 Å². The average Bonchev–Trinajstić information content (AvgIpc) is 2.74. The van der Waals surface area contributed by atoms with E-state index in [0.717, 1.165) is 23.5 Å². The Morgan fingerprint density at radius 1 is 1.47 bits per heavy atom. The first-order valence-corrected chi connectivity index (χ1v) is 7.03. The maximum Gasteiger partial charge on any atom is 0.244 e. The van der Waals surface area contributed by atoms with E-state index in [-0.39, 0.29) is 5.91 Å². The molecule has 1 aromatic heterocycles. The zero-order valence-corrected chi connectivity index (χ0v) is 10.9. The van der Waals surface area contributed by atoms with Crippen LogP contribution in [0.1, 0.15) is 42.8 Å². The Morgan fingerprint density at radius 2 is 2.24 bits per heavy atom. The average molecular weight is 250 g/mol. The van der Waals surface area contributed by atoms with Gasteiger partial charge in [0.2, 0.25) is 5.91 Å². The molecule has 1 amide bonds. The van der Waals surface area contributed by atoms with Crippen molar-refractivity contribution in [3.63, 3.8) is 0 Å². The third kappa shape index (κ3) is 3.97. The van der Waals surface area contributed by atoms with Gasteiger partial charge in [0.15, 0.2) is 0 Å². The third-order valence-electron chi connectivity index (χ3n) is 2.99. The highest BCUT2D eigenvalue weighted by Crippen LogP contribution is 2.17. The molecule has 3 nitrogen and oxygen atoms in total. The molecule has 0 unspecified atom stereocenters. The summed E-state index contributed by atoms with van der Waals surface area (Å²) in [5.41, 5.74) is 0.867. The minimum atomic E-state index is 0.00236. The lowest BCUT2D eigenvalue weighted by atomic mass is 9.95. The van der Waals surface area contributed by atoms with Crippen LogP contribution < -0.4 is 5.32 Å². The third-order valence-corrected chi connectivity index (χ3v) is 3.79. The van der Waals surface area contributed by atoms with Gasteiger partial charge in [-0.2, -0.15) is 0 Å². The lowest BCUT2D eigenvalue weighted by Crippen LogP contribution is -2.34. The van der Waals surface area contributed by atoms with Gasteiger partial charge in [-0.1, -0.05) is 19.3 Å². The van der Waals surface area contributed by atoms with Crippen molar-refractivity contribution in [2.24, 2.45) is 0 Å². The molecule has 92 valence electrons. The van der Waals surface area contributed by atoms with Gasteiger partial charge in [-0.05, 0) is 25.8 Å². The first-order chi connectivity index (χ1) is 8.24. The molecule has 2 rings (SSSR count). The number of carbonyl (C=O) groups excluding carboxylic acids is 1. The molecule has 1 fully saturated rings. The predicted molar refractivity (Wildman–Crippen MR) is 70.9 cm³/mol. The predicted octanol–water partition coefficient (Wildman–Crippen LogP) is 2.91. The summed E-state index contributed by atoms with van der Waals surface area (Å²) in [5.74, 6) is 0.00236. The van der Waals surface area contributed by atoms with Gasteiger partial charge < -0.3 is 5.32 Å². The molecule has 17 heavy (non-hydrogen) atoms. The molecule has 1 N–H and O–H groups in total. The minimum Gasteiger partial charge on any atom is -0.350 e. The number of carbonyl (C=O) groups is 1. The number of hydrogen-bond acceptors (Lipinski definition) is 3. The fourth-order valence-electron chi connectivity index (χ4n) is 2.11. The van der Waals surface area contributed by atoms with E-state index in [9.17, 15) is 4.79 Å². The van der Waals surface area contributed by atoms with E-state index in [1.807, 2.05) is 12.3 Å². The van der Waals surface area contributed by atoms with Crippen LogP contribution in [0, 0.1) is 6.92 Å². The maximum atomic E-state index is 11.7. The van der Waals surface area contributed by atoms with Crippen LogP contribution in [-0.2, 0) is 4.79 Å². The van der Waals surface area contributed by atoms with E-state index in [0.29, 0.717) is 6.04 Å². The van der Waals surface area contributed by atoms with Gasteiger partial charge in [0.05, 0.1) is 10.7 Å². The number of rotatable bonds is 3. The van der Waals surface area contributed by atoms with Crippen molar-refractivity contribution >= 4 is 23.3 Å². The molecule has 0 radical (unpaired) electrons. The molecule has 0 atom stereocenters. The molecule has 4 heteroatoms. The summed E-state index contributed by atoms with van der Waals surface area (Å²) in [5, 5.41) is 6.03. The van der Waals surface area contributed by atoms with Crippen LogP contribution in [0.15, 0.2) is 11.5 Å². The number of aryl methyl sites for hydroxylation is 1. The number of nitrogens with zero attached hydrogens (tertiary/aromatic N) is 1. The molecule has 0 spiro atoms. The normalized spacial score (nSPS) is 17.5. The van der Waals surface area contributed by atoms with E-state index >= 15 is 0 Å². The van der Waals surface area contributed by atoms with E-state index in [1.54, 1.807) is 23.5 Å². The second-order valence-corrected chi connectivity index (χ2v) is 5.53. The van der Waals surface area contributed by atoms with E-state index in [4.69, 9.17) is 0 Å².